The van der Waals surface area contributed by atoms with Crippen LogP contribution in [0.4, 0.5) is 5.82 Å². The average molecular weight is 522 g/mol. The van der Waals surface area contributed by atoms with Gasteiger partial charge in [-0.05, 0) is 39.5 Å². The average Bonchev–Trinajstić information content (AvgIpc) is 3.62. The van der Waals surface area contributed by atoms with Crippen LogP contribution in [-0.2, 0) is 25.3 Å². The van der Waals surface area contributed by atoms with E-state index in [2.05, 4.69) is 25.2 Å². The molecule has 0 radical (unpaired) electrons. The number of oxime groups is 1. The van der Waals surface area contributed by atoms with E-state index in [4.69, 9.17) is 15.1 Å². The molecule has 2 fully saturated rings. The lowest BCUT2D eigenvalue weighted by atomic mass is 9.89. The van der Waals surface area contributed by atoms with Gasteiger partial charge in [-0.15, -0.1) is 0 Å². The first kappa shape index (κ1) is 26.5. The summed E-state index contributed by atoms with van der Waals surface area (Å²) in [4.78, 5) is 23.9. The summed E-state index contributed by atoms with van der Waals surface area (Å²) < 4.78 is 27.1. The van der Waals surface area contributed by atoms with Gasteiger partial charge < -0.3 is 24.8 Å². The smallest absolute Gasteiger partial charge is 0.364 e. The van der Waals surface area contributed by atoms with Gasteiger partial charge in [-0.3, -0.25) is 9.36 Å². The van der Waals surface area contributed by atoms with E-state index in [-0.39, 0.29) is 12.2 Å². The van der Waals surface area contributed by atoms with E-state index in [9.17, 15) is 14.5 Å². The number of rotatable bonds is 12. The number of hydrogen-bond donors (Lipinski definition) is 3. The van der Waals surface area contributed by atoms with Crippen LogP contribution in [-0.4, -0.2) is 54.8 Å². The second kappa shape index (κ2) is 11.7. The molecule has 0 aromatic carbocycles. The van der Waals surface area contributed by atoms with Gasteiger partial charge in [0.2, 0.25) is 0 Å². The van der Waals surface area contributed by atoms with Crippen LogP contribution in [0.25, 0.3) is 11.2 Å². The van der Waals surface area contributed by atoms with Gasteiger partial charge in [0.15, 0.2) is 11.5 Å². The van der Waals surface area contributed by atoms with E-state index in [1.54, 1.807) is 10.9 Å². The highest BCUT2D eigenvalue weighted by molar-refractivity contribution is 7.56. The van der Waals surface area contributed by atoms with Crippen molar-refractivity contribution in [2.75, 3.05) is 12.1 Å². The number of fused-ring (bicyclic) bond motifs is 1. The van der Waals surface area contributed by atoms with Gasteiger partial charge in [-0.25, -0.2) is 20.0 Å². The Morgan fingerprint density at radius 2 is 1.83 bits per heavy atom. The molecule has 2 aromatic rings. The quantitative estimate of drug-likeness (QED) is 0.212. The van der Waals surface area contributed by atoms with Gasteiger partial charge in [0.25, 0.3) is 0 Å². The van der Waals surface area contributed by atoms with Crippen LogP contribution < -0.4 is 10.8 Å². The van der Waals surface area contributed by atoms with Gasteiger partial charge in [0.05, 0.1) is 24.7 Å². The molecule has 0 amide bonds. The molecule has 0 bridgehead atoms. The molecule has 2 saturated carbocycles. The van der Waals surface area contributed by atoms with Crippen molar-refractivity contribution >= 4 is 36.2 Å². The first-order valence-electron chi connectivity index (χ1n) is 12.6. The molecule has 0 saturated heterocycles. The molecular formula is C23H36N7O5P. The van der Waals surface area contributed by atoms with Crippen molar-refractivity contribution in [2.24, 2.45) is 17.0 Å². The third-order valence-electron chi connectivity index (χ3n) is 7.00. The third kappa shape index (κ3) is 6.41. The lowest BCUT2D eigenvalue weighted by molar-refractivity contribution is -0.138. The first-order valence-corrected chi connectivity index (χ1v) is 14.5. The fourth-order valence-electron chi connectivity index (χ4n) is 5.06. The van der Waals surface area contributed by atoms with Gasteiger partial charge in [-0.2, -0.15) is 0 Å². The zero-order chi connectivity index (χ0) is 25.7. The Hall–Kier alpha value is -2.56. The standard InChI is InChI=1S/C23H36N7O5P/c1-15(11-30-13-27-20-21(24)25-12-26-22(20)30)34-14-36(33,29-16(2)23(31)32)35-28-19(17-7-3-4-8-17)18-9-5-6-10-18/h12-13,15-18H,3-11,14H2,1-2H3,(H,29,33)(H,31,32)(H2,24,25,26)/t15-,16+,36?/m1/s1. The second-order valence-electron chi connectivity index (χ2n) is 9.86. The van der Waals surface area contributed by atoms with Gasteiger partial charge >= 0.3 is 13.5 Å². The second-order valence-corrected chi connectivity index (χ2v) is 11.9. The van der Waals surface area contributed by atoms with Crippen LogP contribution in [0.2, 0.25) is 0 Å². The summed E-state index contributed by atoms with van der Waals surface area (Å²) in [6.07, 6.45) is 11.1. The van der Waals surface area contributed by atoms with Crippen molar-refractivity contribution in [1.29, 1.82) is 0 Å². The van der Waals surface area contributed by atoms with Crippen molar-refractivity contribution in [3.05, 3.63) is 12.7 Å². The van der Waals surface area contributed by atoms with E-state index in [0.29, 0.717) is 29.5 Å². The number of carboxylic acid groups (broad SMARTS) is 1. The molecule has 0 spiro atoms. The van der Waals surface area contributed by atoms with Gasteiger partial charge in [-0.1, -0.05) is 30.8 Å². The molecule has 1 unspecified atom stereocenters. The maximum Gasteiger partial charge on any atom is 0.364 e. The van der Waals surface area contributed by atoms with Crippen LogP contribution in [0, 0.1) is 11.8 Å². The van der Waals surface area contributed by atoms with E-state index in [0.717, 1.165) is 57.1 Å². The fourth-order valence-corrected chi connectivity index (χ4v) is 6.61. The molecule has 2 aliphatic rings. The van der Waals surface area contributed by atoms with Gasteiger partial charge in [0.1, 0.15) is 24.2 Å². The topological polar surface area (TPSA) is 167 Å². The maximum atomic E-state index is 13.7. The fraction of sp³-hybridized carbons (Fsp3) is 0.696. The molecule has 198 valence electrons. The first-order chi connectivity index (χ1) is 17.3. The van der Waals surface area contributed by atoms with Crippen molar-refractivity contribution < 1.29 is 23.8 Å². The number of aliphatic carboxylic acids is 1. The summed E-state index contributed by atoms with van der Waals surface area (Å²) in [5.41, 5.74) is 7.90. The van der Waals surface area contributed by atoms with E-state index < -0.39 is 25.6 Å². The molecular weight excluding hydrogens is 485 g/mol. The number of anilines is 1. The summed E-state index contributed by atoms with van der Waals surface area (Å²) in [5, 5.41) is 16.5. The Kier molecular flexibility index (Phi) is 8.58. The Morgan fingerprint density at radius 3 is 2.44 bits per heavy atom. The minimum Gasteiger partial charge on any atom is -0.480 e. The predicted octanol–water partition coefficient (Wildman–Crippen LogP) is 3.78. The number of nitrogens with zero attached hydrogens (tertiary/aromatic N) is 5. The Balaban J connectivity index is 1.47. The van der Waals surface area contributed by atoms with Crippen molar-refractivity contribution in [1.82, 2.24) is 24.6 Å². The zero-order valence-electron chi connectivity index (χ0n) is 20.9. The van der Waals surface area contributed by atoms with Crippen LogP contribution in [0.3, 0.4) is 0 Å². The normalized spacial score (nSPS) is 20.3. The summed E-state index contributed by atoms with van der Waals surface area (Å²) in [7, 11) is -3.77. The molecule has 36 heavy (non-hydrogen) atoms. The number of carbonyl (C=O) groups is 1. The number of nitrogens with two attached hydrogens (primary N) is 1. The highest BCUT2D eigenvalue weighted by Gasteiger charge is 2.34. The van der Waals surface area contributed by atoms with Crippen molar-refractivity contribution in [3.63, 3.8) is 0 Å². The van der Waals surface area contributed by atoms with Crippen LogP contribution >= 0.6 is 7.52 Å². The van der Waals surface area contributed by atoms with Crippen LogP contribution in [0.5, 0.6) is 0 Å². The Morgan fingerprint density at radius 1 is 1.19 bits per heavy atom. The predicted molar refractivity (Wildman–Crippen MR) is 135 cm³/mol. The lowest BCUT2D eigenvalue weighted by Crippen LogP contribution is -2.33. The minimum atomic E-state index is -3.77. The van der Waals surface area contributed by atoms with E-state index >= 15 is 0 Å². The van der Waals surface area contributed by atoms with E-state index in [1.165, 1.54) is 13.3 Å². The number of aromatic nitrogens is 4. The molecule has 3 atom stereocenters. The highest BCUT2D eigenvalue weighted by Crippen LogP contribution is 2.45. The Bertz CT molecular complexity index is 1110. The summed E-state index contributed by atoms with van der Waals surface area (Å²) in [5.74, 6) is -0.176. The minimum absolute atomic E-state index is 0.287. The third-order valence-corrected chi connectivity index (χ3v) is 8.61. The maximum absolute atomic E-state index is 13.7. The number of imidazole rings is 1. The monoisotopic (exact) mass is 521 g/mol. The molecule has 4 N–H and O–H groups in total. The molecule has 13 heteroatoms. The molecule has 2 aliphatic carbocycles. The number of nitrogen functional groups attached to an aromatic ring is 1. The molecule has 2 heterocycles. The lowest BCUT2D eigenvalue weighted by Gasteiger charge is -2.24. The Labute approximate surface area is 210 Å². The summed E-state index contributed by atoms with van der Waals surface area (Å²) in [6, 6.07) is -1.09. The number of ether oxygens (including phenoxy) is 1. The van der Waals surface area contributed by atoms with Crippen molar-refractivity contribution in [2.45, 2.75) is 83.9 Å². The van der Waals surface area contributed by atoms with Gasteiger partial charge in [0, 0.05) is 11.8 Å². The SMILES string of the molecule is C[C@H](Cn1cnc2c(N)ncnc21)OCP(=O)(N[C@@H](C)C(=O)O)ON=C(C1CCCC1)C1CCCC1. The molecule has 12 nitrogen and oxygen atoms in total. The summed E-state index contributed by atoms with van der Waals surface area (Å²) in [6.45, 7) is 3.59. The zero-order valence-corrected chi connectivity index (χ0v) is 21.8. The van der Waals surface area contributed by atoms with Crippen molar-refractivity contribution in [3.8, 4) is 0 Å². The molecule has 4 rings (SSSR count). The highest BCUT2D eigenvalue weighted by atomic mass is 31.2. The summed E-state index contributed by atoms with van der Waals surface area (Å²) >= 11 is 0. The number of carboxylic acids is 1. The van der Waals surface area contributed by atoms with Crippen LogP contribution in [0.15, 0.2) is 17.8 Å². The largest absolute Gasteiger partial charge is 0.480 e. The molecule has 2 aromatic heterocycles. The number of nitrogens with one attached hydrogen (secondary N) is 1. The number of hydrogen-bond acceptors (Lipinski definition) is 9. The molecule has 0 aliphatic heterocycles. The van der Waals surface area contributed by atoms with E-state index in [1.807, 2.05) is 6.92 Å². The van der Waals surface area contributed by atoms with Crippen LogP contribution in [0.1, 0.15) is 65.2 Å².